The Bertz CT molecular complexity index is 695. The van der Waals surface area contributed by atoms with Gasteiger partial charge in [0.05, 0.1) is 0 Å². The van der Waals surface area contributed by atoms with Gasteiger partial charge in [0.25, 0.3) is 0 Å². The zero-order valence-electron chi connectivity index (χ0n) is 10.6. The van der Waals surface area contributed by atoms with Crippen LogP contribution in [0.15, 0.2) is 78.4 Å². The van der Waals surface area contributed by atoms with Crippen molar-refractivity contribution in [2.75, 3.05) is 0 Å². The fourth-order valence-electron chi connectivity index (χ4n) is 2.96. The van der Waals surface area contributed by atoms with Crippen molar-refractivity contribution in [1.29, 1.82) is 0 Å². The van der Waals surface area contributed by atoms with Gasteiger partial charge in [-0.2, -0.15) is 0 Å². The smallest absolute Gasteiger partial charge is 0.00941 e. The molecule has 0 atom stereocenters. The first-order valence-electron chi connectivity index (χ1n) is 6.70. The van der Waals surface area contributed by atoms with Crippen molar-refractivity contribution in [2.24, 2.45) is 0 Å². The molecule has 2 aromatic rings. The third kappa shape index (κ3) is 1.61. The van der Waals surface area contributed by atoms with Crippen LogP contribution in [0, 0.1) is 0 Å². The molecule has 0 heteroatoms. The molecule has 2 aliphatic rings. The Morgan fingerprint density at radius 1 is 0.737 bits per heavy atom. The number of rotatable bonds is 1. The molecule has 0 spiro atoms. The van der Waals surface area contributed by atoms with Gasteiger partial charge in [0, 0.05) is 0 Å². The van der Waals surface area contributed by atoms with Crippen molar-refractivity contribution in [2.45, 2.75) is 6.42 Å². The number of hydrogen-bond donors (Lipinski definition) is 0. The van der Waals surface area contributed by atoms with Crippen LogP contribution in [0.5, 0.6) is 0 Å². The highest BCUT2D eigenvalue weighted by atomic mass is 14.2. The number of fused-ring (bicyclic) bond motifs is 3. The molecule has 0 heterocycles. The van der Waals surface area contributed by atoms with Gasteiger partial charge in [-0.1, -0.05) is 72.8 Å². The van der Waals surface area contributed by atoms with Crippen LogP contribution in [0.3, 0.4) is 0 Å². The van der Waals surface area contributed by atoms with Crippen molar-refractivity contribution in [3.63, 3.8) is 0 Å². The summed E-state index contributed by atoms with van der Waals surface area (Å²) in [6.45, 7) is 0. The summed E-state index contributed by atoms with van der Waals surface area (Å²) in [5.41, 5.74) is 8.18. The maximum atomic E-state index is 2.34. The lowest BCUT2D eigenvalue weighted by molar-refractivity contribution is 1.33. The lowest BCUT2D eigenvalue weighted by Gasteiger charge is -2.03. The van der Waals surface area contributed by atoms with Gasteiger partial charge >= 0.3 is 0 Å². The minimum atomic E-state index is 1.05. The molecule has 0 saturated heterocycles. The quantitative estimate of drug-likeness (QED) is 0.564. The molecular formula is C19H14. The molecule has 0 bridgehead atoms. The molecule has 4 rings (SSSR count). The van der Waals surface area contributed by atoms with Gasteiger partial charge in [-0.15, -0.1) is 0 Å². The van der Waals surface area contributed by atoms with Crippen LogP contribution in [0.25, 0.3) is 16.7 Å². The van der Waals surface area contributed by atoms with E-state index < -0.39 is 0 Å². The molecule has 90 valence electrons. The first-order valence-corrected chi connectivity index (χ1v) is 6.70. The van der Waals surface area contributed by atoms with Gasteiger partial charge in [0.15, 0.2) is 0 Å². The van der Waals surface area contributed by atoms with E-state index in [-0.39, 0.29) is 0 Å². The van der Waals surface area contributed by atoms with E-state index in [1.165, 1.54) is 33.4 Å². The van der Waals surface area contributed by atoms with E-state index in [1.807, 2.05) is 0 Å². The Labute approximate surface area is 113 Å². The maximum absolute atomic E-state index is 2.34. The van der Waals surface area contributed by atoms with Crippen LogP contribution in [0.4, 0.5) is 0 Å². The largest absolute Gasteiger partial charge is 0.0801 e. The molecule has 0 N–H and O–H groups in total. The standard InChI is InChI=1S/C19H14/c1-2-8-14(7-1)13-19-17-11-5-3-9-15(17)16-10-4-6-12-18(16)19/h1-7,9-13H,8H2. The summed E-state index contributed by atoms with van der Waals surface area (Å²) in [5, 5.41) is 0. The summed E-state index contributed by atoms with van der Waals surface area (Å²) in [6, 6.07) is 17.4. The second-order valence-corrected chi connectivity index (χ2v) is 5.02. The summed E-state index contributed by atoms with van der Waals surface area (Å²) in [6.07, 6.45) is 9.94. The summed E-state index contributed by atoms with van der Waals surface area (Å²) in [4.78, 5) is 0. The third-order valence-corrected chi connectivity index (χ3v) is 3.85. The fourth-order valence-corrected chi connectivity index (χ4v) is 2.96. The fraction of sp³-hybridized carbons (Fsp3) is 0.0526. The van der Waals surface area contributed by atoms with Crippen molar-refractivity contribution in [3.05, 3.63) is 89.5 Å². The molecule has 0 amide bonds. The number of benzene rings is 2. The van der Waals surface area contributed by atoms with E-state index in [2.05, 4.69) is 72.8 Å². The summed E-state index contributed by atoms with van der Waals surface area (Å²) < 4.78 is 0. The molecule has 19 heavy (non-hydrogen) atoms. The average molecular weight is 242 g/mol. The van der Waals surface area contributed by atoms with Crippen LogP contribution in [-0.2, 0) is 0 Å². The van der Waals surface area contributed by atoms with Gasteiger partial charge in [-0.3, -0.25) is 0 Å². The van der Waals surface area contributed by atoms with E-state index in [9.17, 15) is 0 Å². The second-order valence-electron chi connectivity index (χ2n) is 5.02. The topological polar surface area (TPSA) is 0 Å². The van der Waals surface area contributed by atoms with Crippen molar-refractivity contribution >= 4 is 5.57 Å². The Hall–Kier alpha value is -2.34. The zero-order valence-corrected chi connectivity index (χ0v) is 10.6. The monoisotopic (exact) mass is 242 g/mol. The lowest BCUT2D eigenvalue weighted by Crippen LogP contribution is -1.82. The molecule has 2 aromatic carbocycles. The van der Waals surface area contributed by atoms with Gasteiger partial charge in [0.2, 0.25) is 0 Å². The molecule has 0 fully saturated rings. The van der Waals surface area contributed by atoms with Gasteiger partial charge in [0.1, 0.15) is 0 Å². The molecule has 2 aliphatic carbocycles. The summed E-state index contributed by atoms with van der Waals surface area (Å²) >= 11 is 0. The van der Waals surface area contributed by atoms with Crippen LogP contribution >= 0.6 is 0 Å². The highest BCUT2D eigenvalue weighted by Crippen LogP contribution is 2.44. The molecular weight excluding hydrogens is 228 g/mol. The highest BCUT2D eigenvalue weighted by Gasteiger charge is 2.22. The van der Waals surface area contributed by atoms with E-state index in [1.54, 1.807) is 0 Å². The molecule has 0 nitrogen and oxygen atoms in total. The minimum absolute atomic E-state index is 1.05. The van der Waals surface area contributed by atoms with Crippen molar-refractivity contribution in [3.8, 4) is 11.1 Å². The van der Waals surface area contributed by atoms with Crippen LogP contribution in [-0.4, -0.2) is 0 Å². The number of hydrogen-bond acceptors (Lipinski definition) is 0. The first kappa shape index (κ1) is 10.6. The highest BCUT2D eigenvalue weighted by molar-refractivity contribution is 6.01. The lowest BCUT2D eigenvalue weighted by atomic mass is 10.0. The molecule has 0 radical (unpaired) electrons. The molecule has 0 aromatic heterocycles. The summed E-state index contributed by atoms with van der Waals surface area (Å²) in [7, 11) is 0. The summed E-state index contributed by atoms with van der Waals surface area (Å²) in [5.74, 6) is 0. The van der Waals surface area contributed by atoms with Crippen LogP contribution in [0.2, 0.25) is 0 Å². The molecule has 0 aliphatic heterocycles. The van der Waals surface area contributed by atoms with E-state index in [0.717, 1.165) is 6.42 Å². The zero-order chi connectivity index (χ0) is 12.7. The minimum Gasteiger partial charge on any atom is -0.0801 e. The Morgan fingerprint density at radius 2 is 1.32 bits per heavy atom. The Morgan fingerprint density at radius 3 is 1.84 bits per heavy atom. The van der Waals surface area contributed by atoms with E-state index in [4.69, 9.17) is 0 Å². The van der Waals surface area contributed by atoms with Gasteiger partial charge < -0.3 is 0 Å². The molecule has 0 saturated carbocycles. The van der Waals surface area contributed by atoms with E-state index >= 15 is 0 Å². The number of allylic oxidation sites excluding steroid dienone is 5. The van der Waals surface area contributed by atoms with Crippen molar-refractivity contribution in [1.82, 2.24) is 0 Å². The van der Waals surface area contributed by atoms with Gasteiger partial charge in [-0.05, 0) is 39.8 Å². The van der Waals surface area contributed by atoms with Crippen molar-refractivity contribution < 1.29 is 0 Å². The Kier molecular flexibility index (Phi) is 2.28. The normalized spacial score (nSPS) is 15.2. The SMILES string of the molecule is C1=CCC(C=C2c3ccccc3-c3ccccc32)=C1. The Balaban J connectivity index is 1.96. The first-order chi connectivity index (χ1) is 9.43. The van der Waals surface area contributed by atoms with Crippen LogP contribution in [0.1, 0.15) is 17.5 Å². The predicted octanol–water partition coefficient (Wildman–Crippen LogP) is 4.99. The average Bonchev–Trinajstić information content (AvgIpc) is 3.08. The van der Waals surface area contributed by atoms with Crippen LogP contribution < -0.4 is 0 Å². The van der Waals surface area contributed by atoms with Gasteiger partial charge in [-0.25, -0.2) is 0 Å². The molecule has 0 unspecified atom stereocenters. The predicted molar refractivity (Wildman–Crippen MR) is 80.8 cm³/mol. The maximum Gasteiger partial charge on any atom is -0.00941 e. The third-order valence-electron chi connectivity index (χ3n) is 3.85. The second kappa shape index (κ2) is 4.10. The van der Waals surface area contributed by atoms with E-state index in [0.29, 0.717) is 0 Å².